The Balaban J connectivity index is 1.98. The number of carbonyl (C=O) groups excluding carboxylic acids is 1. The molecule has 4 heteroatoms. The number of carbonyl (C=O) groups is 1. The Morgan fingerprint density at radius 3 is 2.45 bits per heavy atom. The van der Waals surface area contributed by atoms with Crippen LogP contribution < -0.4 is 4.90 Å². The zero-order valence-electron chi connectivity index (χ0n) is 18.1. The van der Waals surface area contributed by atoms with E-state index in [1.54, 1.807) is 0 Å². The van der Waals surface area contributed by atoms with Crippen molar-refractivity contribution in [3.63, 3.8) is 0 Å². The molecule has 0 saturated carbocycles. The smallest absolute Gasteiger partial charge is 0.325 e. The van der Waals surface area contributed by atoms with Crippen LogP contribution in [0.4, 0.5) is 5.69 Å². The first kappa shape index (κ1) is 19.6. The second kappa shape index (κ2) is 7.58. The van der Waals surface area contributed by atoms with Gasteiger partial charge in [-0.3, -0.25) is 4.79 Å². The SMILES string of the molecule is CCOC(=O)CN1CCn2c(C)cc3c(-c4ccc(C)cc4)c(CC)c(C)c1c32. The van der Waals surface area contributed by atoms with Gasteiger partial charge in [0.05, 0.1) is 17.8 Å². The Morgan fingerprint density at radius 2 is 1.79 bits per heavy atom. The van der Waals surface area contributed by atoms with Crippen LogP contribution in [-0.4, -0.2) is 30.2 Å². The summed E-state index contributed by atoms with van der Waals surface area (Å²) in [7, 11) is 0. The van der Waals surface area contributed by atoms with Gasteiger partial charge >= 0.3 is 5.97 Å². The second-order valence-corrected chi connectivity index (χ2v) is 7.97. The number of anilines is 1. The van der Waals surface area contributed by atoms with Gasteiger partial charge in [-0.05, 0) is 62.4 Å². The average Bonchev–Trinajstić information content (AvgIpc) is 3.02. The van der Waals surface area contributed by atoms with E-state index in [-0.39, 0.29) is 5.97 Å². The first-order chi connectivity index (χ1) is 14.0. The maximum Gasteiger partial charge on any atom is 0.325 e. The molecule has 0 radical (unpaired) electrons. The van der Waals surface area contributed by atoms with Crippen LogP contribution in [0.1, 0.15) is 36.2 Å². The molecule has 0 amide bonds. The van der Waals surface area contributed by atoms with Gasteiger partial charge < -0.3 is 14.2 Å². The van der Waals surface area contributed by atoms with Crippen molar-refractivity contribution in [1.29, 1.82) is 0 Å². The predicted molar refractivity (Wildman–Crippen MR) is 120 cm³/mol. The lowest BCUT2D eigenvalue weighted by atomic mass is 9.88. The topological polar surface area (TPSA) is 34.5 Å². The first-order valence-electron chi connectivity index (χ1n) is 10.6. The molecule has 29 heavy (non-hydrogen) atoms. The molecular weight excluding hydrogens is 360 g/mol. The van der Waals surface area contributed by atoms with Crippen LogP contribution >= 0.6 is 0 Å². The van der Waals surface area contributed by atoms with Crippen molar-refractivity contribution in [2.45, 2.75) is 47.6 Å². The number of hydrogen-bond donors (Lipinski definition) is 0. The van der Waals surface area contributed by atoms with Gasteiger partial charge in [-0.15, -0.1) is 0 Å². The molecule has 152 valence electrons. The van der Waals surface area contributed by atoms with Crippen molar-refractivity contribution in [3.8, 4) is 11.1 Å². The minimum Gasteiger partial charge on any atom is -0.465 e. The predicted octanol–water partition coefficient (Wildman–Crippen LogP) is 5.18. The van der Waals surface area contributed by atoms with E-state index in [1.165, 1.54) is 50.1 Å². The van der Waals surface area contributed by atoms with Crippen LogP contribution in [0.2, 0.25) is 0 Å². The second-order valence-electron chi connectivity index (χ2n) is 7.97. The summed E-state index contributed by atoms with van der Waals surface area (Å²) in [5.74, 6) is -0.155. The molecule has 2 aromatic carbocycles. The van der Waals surface area contributed by atoms with E-state index in [1.807, 2.05) is 6.92 Å². The Labute approximate surface area is 173 Å². The van der Waals surface area contributed by atoms with E-state index in [0.717, 1.165) is 19.5 Å². The van der Waals surface area contributed by atoms with Gasteiger partial charge in [-0.25, -0.2) is 0 Å². The fourth-order valence-electron chi connectivity index (χ4n) is 4.81. The van der Waals surface area contributed by atoms with E-state index >= 15 is 0 Å². The number of rotatable bonds is 5. The van der Waals surface area contributed by atoms with Crippen molar-refractivity contribution < 1.29 is 9.53 Å². The molecule has 0 saturated heterocycles. The summed E-state index contributed by atoms with van der Waals surface area (Å²) in [6, 6.07) is 11.2. The Kier molecular flexibility index (Phi) is 5.12. The number of ether oxygens (including phenoxy) is 1. The van der Waals surface area contributed by atoms with Gasteiger partial charge in [-0.2, -0.15) is 0 Å². The molecule has 2 heterocycles. The summed E-state index contributed by atoms with van der Waals surface area (Å²) in [5, 5.41) is 1.29. The molecule has 1 aliphatic rings. The minimum absolute atomic E-state index is 0.155. The third-order valence-corrected chi connectivity index (χ3v) is 6.14. The van der Waals surface area contributed by atoms with Crippen molar-refractivity contribution in [2.24, 2.45) is 0 Å². The average molecular weight is 391 g/mol. The van der Waals surface area contributed by atoms with Gasteiger partial charge in [0.2, 0.25) is 0 Å². The Morgan fingerprint density at radius 1 is 1.07 bits per heavy atom. The molecule has 1 aromatic heterocycles. The fourth-order valence-corrected chi connectivity index (χ4v) is 4.81. The van der Waals surface area contributed by atoms with E-state index in [0.29, 0.717) is 13.2 Å². The van der Waals surface area contributed by atoms with Crippen LogP contribution in [0, 0.1) is 20.8 Å². The third-order valence-electron chi connectivity index (χ3n) is 6.14. The highest BCUT2D eigenvalue weighted by Crippen LogP contribution is 2.44. The number of esters is 1. The quantitative estimate of drug-likeness (QED) is 0.563. The number of benzene rings is 2. The monoisotopic (exact) mass is 390 g/mol. The third kappa shape index (κ3) is 3.21. The van der Waals surface area contributed by atoms with E-state index in [9.17, 15) is 4.79 Å². The zero-order chi connectivity index (χ0) is 20.7. The Bertz CT molecular complexity index is 1080. The van der Waals surface area contributed by atoms with Crippen molar-refractivity contribution in [2.75, 3.05) is 24.6 Å². The van der Waals surface area contributed by atoms with E-state index in [2.05, 4.69) is 67.5 Å². The number of nitrogens with zero attached hydrogens (tertiary/aromatic N) is 2. The molecule has 0 fully saturated rings. The molecule has 1 aliphatic heterocycles. The molecule has 0 atom stereocenters. The molecule has 0 unspecified atom stereocenters. The number of aromatic nitrogens is 1. The van der Waals surface area contributed by atoms with E-state index < -0.39 is 0 Å². The van der Waals surface area contributed by atoms with Crippen LogP contribution in [0.3, 0.4) is 0 Å². The summed E-state index contributed by atoms with van der Waals surface area (Å²) >= 11 is 0. The zero-order valence-corrected chi connectivity index (χ0v) is 18.1. The lowest BCUT2D eigenvalue weighted by molar-refractivity contribution is -0.141. The summed E-state index contributed by atoms with van der Waals surface area (Å²) in [5.41, 5.74) is 10.2. The molecule has 4 rings (SSSR count). The maximum absolute atomic E-state index is 12.3. The Hall–Kier alpha value is -2.75. The molecule has 0 bridgehead atoms. The van der Waals surface area contributed by atoms with Crippen molar-refractivity contribution in [1.82, 2.24) is 4.57 Å². The highest BCUT2D eigenvalue weighted by atomic mass is 16.5. The summed E-state index contributed by atoms with van der Waals surface area (Å²) in [6.07, 6.45) is 0.954. The van der Waals surface area contributed by atoms with Gasteiger partial charge in [0, 0.05) is 24.2 Å². The van der Waals surface area contributed by atoms with Crippen LogP contribution in [0.5, 0.6) is 0 Å². The molecule has 0 N–H and O–H groups in total. The normalized spacial score (nSPS) is 13.2. The van der Waals surface area contributed by atoms with E-state index in [4.69, 9.17) is 4.74 Å². The molecule has 3 aromatic rings. The maximum atomic E-state index is 12.3. The lowest BCUT2D eigenvalue weighted by Crippen LogP contribution is -2.37. The highest BCUT2D eigenvalue weighted by molar-refractivity contribution is 6.07. The fraction of sp³-hybridized carbons (Fsp3) is 0.400. The van der Waals surface area contributed by atoms with Gasteiger partial charge in [-0.1, -0.05) is 36.8 Å². The lowest BCUT2D eigenvalue weighted by Gasteiger charge is -2.33. The van der Waals surface area contributed by atoms with Gasteiger partial charge in [0.1, 0.15) is 6.54 Å². The van der Waals surface area contributed by atoms with Gasteiger partial charge in [0.25, 0.3) is 0 Å². The molecule has 0 aliphatic carbocycles. The van der Waals surface area contributed by atoms with Crippen molar-refractivity contribution >= 4 is 22.6 Å². The van der Waals surface area contributed by atoms with Crippen LogP contribution in [-0.2, 0) is 22.5 Å². The molecule has 0 spiro atoms. The van der Waals surface area contributed by atoms with Crippen molar-refractivity contribution in [3.05, 3.63) is 52.7 Å². The summed E-state index contributed by atoms with van der Waals surface area (Å²) in [6.45, 7) is 13.0. The largest absolute Gasteiger partial charge is 0.465 e. The van der Waals surface area contributed by atoms with Crippen LogP contribution in [0.25, 0.3) is 22.0 Å². The van der Waals surface area contributed by atoms with Crippen LogP contribution in [0.15, 0.2) is 30.3 Å². The standard InChI is InChI=1S/C25H30N2O2/c1-6-20-18(5)24-25-21(23(20)19-10-8-16(3)9-11-19)14-17(4)27(25)13-12-26(24)15-22(28)29-7-2/h8-11,14H,6-7,12-13,15H2,1-5H3. The minimum atomic E-state index is -0.155. The number of aryl methyl sites for hydroxylation is 2. The number of hydrogen-bond acceptors (Lipinski definition) is 3. The molecular formula is C25H30N2O2. The first-order valence-corrected chi connectivity index (χ1v) is 10.6. The van der Waals surface area contributed by atoms with Gasteiger partial charge in [0.15, 0.2) is 0 Å². The summed E-state index contributed by atoms with van der Waals surface area (Å²) in [4.78, 5) is 14.5. The molecule has 4 nitrogen and oxygen atoms in total. The summed E-state index contributed by atoms with van der Waals surface area (Å²) < 4.78 is 7.66. The highest BCUT2D eigenvalue weighted by Gasteiger charge is 2.28.